The summed E-state index contributed by atoms with van der Waals surface area (Å²) < 4.78 is 36.8. The third-order valence-electron chi connectivity index (χ3n) is 2.79. The zero-order valence-corrected chi connectivity index (χ0v) is 14.7. The first-order valence-electron chi connectivity index (χ1n) is 6.44. The summed E-state index contributed by atoms with van der Waals surface area (Å²) in [4.78, 5) is 12.0. The Balaban J connectivity index is 2.01. The van der Waals surface area contributed by atoms with Crippen LogP contribution in [0.25, 0.3) is 0 Å². The quantitative estimate of drug-likeness (QED) is 0.839. The van der Waals surface area contributed by atoms with Crippen LogP contribution in [-0.4, -0.2) is 27.5 Å². The predicted molar refractivity (Wildman–Crippen MR) is 87.7 cm³/mol. The zero-order valence-electron chi connectivity index (χ0n) is 12.3. The van der Waals surface area contributed by atoms with Crippen LogP contribution in [-0.2, 0) is 14.8 Å². The minimum atomic E-state index is -3.95. The van der Waals surface area contributed by atoms with Crippen molar-refractivity contribution in [2.45, 2.75) is 17.2 Å². The lowest BCUT2D eigenvalue weighted by atomic mass is 10.3. The number of carbonyl (C=O) groups is 1. The molecule has 1 aromatic heterocycles. The largest absolute Gasteiger partial charge is 0.497 e. The summed E-state index contributed by atoms with van der Waals surface area (Å²) >= 11 is 6.57. The minimum absolute atomic E-state index is 0.0347. The molecule has 0 aliphatic rings. The molecule has 6 nitrogen and oxygen atoms in total. The number of rotatable bonds is 6. The van der Waals surface area contributed by atoms with Gasteiger partial charge in [0, 0.05) is 0 Å². The van der Waals surface area contributed by atoms with Crippen molar-refractivity contribution in [3.05, 3.63) is 40.7 Å². The van der Waals surface area contributed by atoms with Gasteiger partial charge in [-0.1, -0.05) is 11.6 Å². The average Bonchev–Trinajstić information content (AvgIpc) is 2.95. The van der Waals surface area contributed by atoms with Gasteiger partial charge < -0.3 is 9.47 Å². The van der Waals surface area contributed by atoms with Gasteiger partial charge in [0.15, 0.2) is 6.10 Å². The first-order valence-corrected chi connectivity index (χ1v) is 9.12. The van der Waals surface area contributed by atoms with Gasteiger partial charge in [-0.05, 0) is 43.3 Å². The Morgan fingerprint density at radius 1 is 1.17 bits per heavy atom. The summed E-state index contributed by atoms with van der Waals surface area (Å²) in [6, 6.07) is 9.36. The van der Waals surface area contributed by atoms with E-state index in [9.17, 15) is 13.2 Å². The van der Waals surface area contributed by atoms with Crippen molar-refractivity contribution in [2.75, 3.05) is 7.11 Å². The molecule has 23 heavy (non-hydrogen) atoms. The van der Waals surface area contributed by atoms with Crippen molar-refractivity contribution >= 4 is 38.9 Å². The van der Waals surface area contributed by atoms with E-state index in [-0.39, 0.29) is 4.21 Å². The maximum absolute atomic E-state index is 12.0. The van der Waals surface area contributed by atoms with Crippen molar-refractivity contribution in [1.82, 2.24) is 4.72 Å². The second-order valence-electron chi connectivity index (χ2n) is 4.46. The second-order valence-corrected chi connectivity index (χ2v) is 8.09. The fourth-order valence-corrected chi connectivity index (χ4v) is 4.15. The molecule has 124 valence electrons. The highest BCUT2D eigenvalue weighted by Crippen LogP contribution is 2.25. The number of benzene rings is 1. The van der Waals surface area contributed by atoms with E-state index in [4.69, 9.17) is 21.1 Å². The number of hydrogen-bond acceptors (Lipinski definition) is 6. The molecule has 1 atom stereocenters. The zero-order chi connectivity index (χ0) is 17.0. The Morgan fingerprint density at radius 2 is 1.78 bits per heavy atom. The fourth-order valence-electron chi connectivity index (χ4n) is 1.62. The van der Waals surface area contributed by atoms with E-state index >= 15 is 0 Å². The fraction of sp³-hybridized carbons (Fsp3) is 0.214. The van der Waals surface area contributed by atoms with Crippen LogP contribution in [0.15, 0.2) is 40.6 Å². The molecule has 0 radical (unpaired) electrons. The van der Waals surface area contributed by atoms with Crippen molar-refractivity contribution in [1.29, 1.82) is 0 Å². The molecule has 2 aromatic rings. The predicted octanol–water partition coefficient (Wildman–Crippen LogP) is 2.68. The van der Waals surface area contributed by atoms with Crippen LogP contribution in [0.5, 0.6) is 11.5 Å². The van der Waals surface area contributed by atoms with Crippen LogP contribution >= 0.6 is 22.9 Å². The maximum atomic E-state index is 12.0. The highest BCUT2D eigenvalue weighted by molar-refractivity contribution is 7.92. The molecule has 1 amide bonds. The Bertz CT molecular complexity index is 786. The molecule has 9 heteroatoms. The van der Waals surface area contributed by atoms with Gasteiger partial charge in [0.25, 0.3) is 15.9 Å². The number of nitrogens with one attached hydrogen (secondary N) is 1. The SMILES string of the molecule is COc1ccc(OC(C)C(=O)NS(=O)(=O)c2ccc(Cl)s2)cc1. The highest BCUT2D eigenvalue weighted by Gasteiger charge is 2.24. The number of thiophene rings is 1. The Labute approximate surface area is 143 Å². The van der Waals surface area contributed by atoms with E-state index in [1.54, 1.807) is 24.3 Å². The topological polar surface area (TPSA) is 81.7 Å². The first kappa shape index (κ1) is 17.6. The summed E-state index contributed by atoms with van der Waals surface area (Å²) in [7, 11) is -2.42. The van der Waals surface area contributed by atoms with E-state index in [0.29, 0.717) is 15.8 Å². The Morgan fingerprint density at radius 3 is 2.30 bits per heavy atom. The van der Waals surface area contributed by atoms with E-state index in [1.807, 2.05) is 4.72 Å². The van der Waals surface area contributed by atoms with E-state index < -0.39 is 22.0 Å². The van der Waals surface area contributed by atoms with Gasteiger partial charge in [-0.3, -0.25) is 4.79 Å². The van der Waals surface area contributed by atoms with Crippen LogP contribution in [0.4, 0.5) is 0 Å². The lowest BCUT2D eigenvalue weighted by molar-refractivity contribution is -0.125. The minimum Gasteiger partial charge on any atom is -0.497 e. The van der Waals surface area contributed by atoms with E-state index in [0.717, 1.165) is 11.3 Å². The molecular formula is C14H14ClNO5S2. The Kier molecular flexibility index (Phi) is 5.51. The van der Waals surface area contributed by atoms with Gasteiger partial charge in [0.05, 0.1) is 11.4 Å². The van der Waals surface area contributed by atoms with Crippen molar-refractivity contribution < 1.29 is 22.7 Å². The van der Waals surface area contributed by atoms with Crippen LogP contribution in [0.3, 0.4) is 0 Å². The van der Waals surface area contributed by atoms with E-state index in [1.165, 1.54) is 26.2 Å². The Hall–Kier alpha value is -1.77. The molecule has 0 aliphatic carbocycles. The molecule has 1 heterocycles. The number of hydrogen-bond donors (Lipinski definition) is 1. The molecule has 0 fully saturated rings. The van der Waals surface area contributed by atoms with Crippen LogP contribution in [0, 0.1) is 0 Å². The lowest BCUT2D eigenvalue weighted by Crippen LogP contribution is -2.39. The van der Waals surface area contributed by atoms with Crippen LogP contribution < -0.4 is 14.2 Å². The van der Waals surface area contributed by atoms with Gasteiger partial charge in [0.2, 0.25) is 0 Å². The highest BCUT2D eigenvalue weighted by atomic mass is 35.5. The molecular weight excluding hydrogens is 362 g/mol. The first-order chi connectivity index (χ1) is 10.8. The standard InChI is InChI=1S/C14H14ClNO5S2/c1-9(21-11-5-3-10(20-2)4-6-11)14(17)16-23(18,19)13-8-7-12(15)22-13/h3-9H,1-2H3,(H,16,17). The van der Waals surface area contributed by atoms with Gasteiger partial charge >= 0.3 is 0 Å². The van der Waals surface area contributed by atoms with Crippen LogP contribution in [0.1, 0.15) is 6.92 Å². The molecule has 0 saturated heterocycles. The molecule has 1 unspecified atom stereocenters. The van der Waals surface area contributed by atoms with Gasteiger partial charge in [-0.25, -0.2) is 13.1 Å². The smallest absolute Gasteiger partial charge is 0.274 e. The number of methoxy groups -OCH3 is 1. The van der Waals surface area contributed by atoms with E-state index in [2.05, 4.69) is 0 Å². The third-order valence-corrected chi connectivity index (χ3v) is 5.86. The van der Waals surface area contributed by atoms with Gasteiger partial charge in [-0.2, -0.15) is 0 Å². The molecule has 0 spiro atoms. The maximum Gasteiger partial charge on any atom is 0.274 e. The molecule has 0 bridgehead atoms. The van der Waals surface area contributed by atoms with Crippen molar-refractivity contribution in [3.63, 3.8) is 0 Å². The summed E-state index contributed by atoms with van der Waals surface area (Å²) in [6.45, 7) is 1.45. The molecule has 0 aliphatic heterocycles. The monoisotopic (exact) mass is 375 g/mol. The average molecular weight is 376 g/mol. The van der Waals surface area contributed by atoms with Crippen molar-refractivity contribution in [3.8, 4) is 11.5 Å². The number of amides is 1. The van der Waals surface area contributed by atoms with Crippen LogP contribution in [0.2, 0.25) is 4.34 Å². The van der Waals surface area contributed by atoms with Crippen molar-refractivity contribution in [2.24, 2.45) is 0 Å². The number of ether oxygens (including phenoxy) is 2. The molecule has 1 aromatic carbocycles. The number of halogens is 1. The normalized spacial score (nSPS) is 12.5. The summed E-state index contributed by atoms with van der Waals surface area (Å²) in [5.74, 6) is 0.293. The molecule has 2 rings (SSSR count). The third kappa shape index (κ3) is 4.60. The van der Waals surface area contributed by atoms with Gasteiger partial charge in [0.1, 0.15) is 15.7 Å². The summed E-state index contributed by atoms with van der Waals surface area (Å²) in [5, 5.41) is 0. The summed E-state index contributed by atoms with van der Waals surface area (Å²) in [5.41, 5.74) is 0. The number of carbonyl (C=O) groups excluding carboxylic acids is 1. The molecule has 0 saturated carbocycles. The molecule has 1 N–H and O–H groups in total. The second kappa shape index (κ2) is 7.20. The lowest BCUT2D eigenvalue weighted by Gasteiger charge is -2.14. The summed E-state index contributed by atoms with van der Waals surface area (Å²) in [6.07, 6.45) is -0.992. The van der Waals surface area contributed by atoms with Gasteiger partial charge in [-0.15, -0.1) is 11.3 Å². The number of sulfonamides is 1.